The minimum atomic E-state index is 0.195. The minimum Gasteiger partial charge on any atom is -0.343 e. The van der Waals surface area contributed by atoms with Crippen LogP contribution < -0.4 is 5.73 Å². The molecule has 1 heterocycles. The molecule has 1 saturated heterocycles. The molecule has 0 aliphatic carbocycles. The molecule has 0 aromatic carbocycles. The summed E-state index contributed by atoms with van der Waals surface area (Å²) in [5, 5.41) is 0. The number of nitrogens with two attached hydrogens (primary N) is 1. The number of carbonyl (C=O) groups is 1. The van der Waals surface area contributed by atoms with E-state index in [1.165, 1.54) is 0 Å². The van der Waals surface area contributed by atoms with Crippen molar-refractivity contribution in [2.45, 2.75) is 19.8 Å². The fourth-order valence-electron chi connectivity index (χ4n) is 1.48. The molecule has 11 heavy (non-hydrogen) atoms. The van der Waals surface area contributed by atoms with E-state index in [2.05, 4.69) is 0 Å². The first-order valence-electron chi connectivity index (χ1n) is 4.19. The van der Waals surface area contributed by atoms with Crippen LogP contribution in [0.1, 0.15) is 19.8 Å². The Labute approximate surface area is 67.5 Å². The van der Waals surface area contributed by atoms with Gasteiger partial charge in [-0.2, -0.15) is 0 Å². The number of hydrogen-bond donors (Lipinski definition) is 1. The van der Waals surface area contributed by atoms with Crippen LogP contribution in [0.15, 0.2) is 0 Å². The fourth-order valence-corrected chi connectivity index (χ4v) is 1.48. The smallest absolute Gasteiger partial charge is 0.219 e. The summed E-state index contributed by atoms with van der Waals surface area (Å²) in [6.07, 6.45) is 2.16. The highest BCUT2D eigenvalue weighted by Gasteiger charge is 2.18. The Bertz CT molecular complexity index is 139. The number of carbonyl (C=O) groups excluding carboxylic acids is 1. The summed E-state index contributed by atoms with van der Waals surface area (Å²) in [7, 11) is 0. The van der Waals surface area contributed by atoms with E-state index < -0.39 is 0 Å². The Balaban J connectivity index is 2.30. The van der Waals surface area contributed by atoms with Crippen molar-refractivity contribution in [2.24, 2.45) is 11.7 Å². The molecule has 3 nitrogen and oxygen atoms in total. The second-order valence-corrected chi connectivity index (χ2v) is 3.19. The highest BCUT2D eigenvalue weighted by atomic mass is 16.2. The Kier molecular flexibility index (Phi) is 2.88. The van der Waals surface area contributed by atoms with Crippen LogP contribution in [0.25, 0.3) is 0 Å². The van der Waals surface area contributed by atoms with Gasteiger partial charge in [0, 0.05) is 20.0 Å². The van der Waals surface area contributed by atoms with E-state index in [1.807, 2.05) is 4.90 Å². The molecular weight excluding hydrogens is 140 g/mol. The summed E-state index contributed by atoms with van der Waals surface area (Å²) in [6.45, 7) is 4.20. The van der Waals surface area contributed by atoms with Gasteiger partial charge in [-0.05, 0) is 25.3 Å². The number of piperidine rings is 1. The molecule has 0 aromatic heterocycles. The number of rotatable bonds is 1. The first kappa shape index (κ1) is 8.53. The van der Waals surface area contributed by atoms with Crippen LogP contribution in [0.2, 0.25) is 0 Å². The van der Waals surface area contributed by atoms with Gasteiger partial charge < -0.3 is 10.6 Å². The van der Waals surface area contributed by atoms with Crippen molar-refractivity contribution in [3.63, 3.8) is 0 Å². The van der Waals surface area contributed by atoms with Gasteiger partial charge in [0.1, 0.15) is 0 Å². The second kappa shape index (κ2) is 3.72. The van der Waals surface area contributed by atoms with Gasteiger partial charge in [-0.25, -0.2) is 0 Å². The Morgan fingerprint density at radius 1 is 1.55 bits per heavy atom. The van der Waals surface area contributed by atoms with E-state index in [0.717, 1.165) is 32.5 Å². The molecule has 64 valence electrons. The van der Waals surface area contributed by atoms with Crippen molar-refractivity contribution in [3.8, 4) is 0 Å². The summed E-state index contributed by atoms with van der Waals surface area (Å²) >= 11 is 0. The molecule has 1 rings (SSSR count). The van der Waals surface area contributed by atoms with Crippen LogP contribution in [0.4, 0.5) is 0 Å². The standard InChI is InChI=1S/C8H16N2O/c1-7(11)10-4-2-8(6-9)3-5-10/h8H,2-6,9H2,1H3. The normalized spacial score (nSPS) is 20.4. The maximum Gasteiger partial charge on any atom is 0.219 e. The SMILES string of the molecule is CC(=O)N1CCC(CN)CC1. The summed E-state index contributed by atoms with van der Waals surface area (Å²) in [5.41, 5.74) is 5.52. The van der Waals surface area contributed by atoms with Gasteiger partial charge in [0.2, 0.25) is 5.91 Å². The Hall–Kier alpha value is -0.570. The first-order valence-corrected chi connectivity index (χ1v) is 4.19. The van der Waals surface area contributed by atoms with E-state index in [4.69, 9.17) is 5.73 Å². The molecule has 0 aromatic rings. The summed E-state index contributed by atoms with van der Waals surface area (Å²) < 4.78 is 0. The number of amides is 1. The van der Waals surface area contributed by atoms with Crippen molar-refractivity contribution in [2.75, 3.05) is 19.6 Å². The van der Waals surface area contributed by atoms with E-state index in [0.29, 0.717) is 5.92 Å². The molecule has 0 saturated carbocycles. The van der Waals surface area contributed by atoms with Gasteiger partial charge in [0.15, 0.2) is 0 Å². The van der Waals surface area contributed by atoms with Gasteiger partial charge in [0.25, 0.3) is 0 Å². The maximum atomic E-state index is 10.9. The van der Waals surface area contributed by atoms with E-state index in [-0.39, 0.29) is 5.91 Å². The summed E-state index contributed by atoms with van der Waals surface area (Å²) in [5.74, 6) is 0.839. The Morgan fingerprint density at radius 2 is 2.09 bits per heavy atom. The van der Waals surface area contributed by atoms with Crippen molar-refractivity contribution >= 4 is 5.91 Å². The van der Waals surface area contributed by atoms with E-state index in [1.54, 1.807) is 6.92 Å². The zero-order valence-corrected chi connectivity index (χ0v) is 7.05. The van der Waals surface area contributed by atoms with Crippen LogP contribution >= 0.6 is 0 Å². The monoisotopic (exact) mass is 156 g/mol. The van der Waals surface area contributed by atoms with Gasteiger partial charge in [-0.1, -0.05) is 0 Å². The highest BCUT2D eigenvalue weighted by Crippen LogP contribution is 2.15. The zero-order valence-electron chi connectivity index (χ0n) is 7.05. The van der Waals surface area contributed by atoms with Crippen molar-refractivity contribution in [1.82, 2.24) is 4.90 Å². The van der Waals surface area contributed by atoms with Crippen molar-refractivity contribution in [1.29, 1.82) is 0 Å². The molecule has 0 atom stereocenters. The predicted molar refractivity (Wildman–Crippen MR) is 44.0 cm³/mol. The topological polar surface area (TPSA) is 46.3 Å². The van der Waals surface area contributed by atoms with Gasteiger partial charge in [-0.15, -0.1) is 0 Å². The molecule has 0 unspecified atom stereocenters. The predicted octanol–water partition coefficient (Wildman–Crippen LogP) is 0.204. The van der Waals surface area contributed by atoms with E-state index >= 15 is 0 Å². The fraction of sp³-hybridized carbons (Fsp3) is 0.875. The molecular formula is C8H16N2O. The van der Waals surface area contributed by atoms with Crippen LogP contribution in [0, 0.1) is 5.92 Å². The number of likely N-dealkylation sites (tertiary alicyclic amines) is 1. The maximum absolute atomic E-state index is 10.9. The minimum absolute atomic E-state index is 0.195. The number of hydrogen-bond acceptors (Lipinski definition) is 2. The molecule has 0 spiro atoms. The third-order valence-corrected chi connectivity index (χ3v) is 2.39. The molecule has 0 radical (unpaired) electrons. The molecule has 2 N–H and O–H groups in total. The van der Waals surface area contributed by atoms with Gasteiger partial charge in [-0.3, -0.25) is 4.79 Å². The molecule has 0 bridgehead atoms. The van der Waals surface area contributed by atoms with E-state index in [9.17, 15) is 4.79 Å². The van der Waals surface area contributed by atoms with Gasteiger partial charge in [0.05, 0.1) is 0 Å². The first-order chi connectivity index (χ1) is 5.24. The van der Waals surface area contributed by atoms with Crippen LogP contribution in [-0.4, -0.2) is 30.4 Å². The lowest BCUT2D eigenvalue weighted by Crippen LogP contribution is -2.38. The largest absolute Gasteiger partial charge is 0.343 e. The summed E-state index contributed by atoms with van der Waals surface area (Å²) in [4.78, 5) is 12.8. The van der Waals surface area contributed by atoms with Crippen LogP contribution in [0.5, 0.6) is 0 Å². The number of nitrogens with zero attached hydrogens (tertiary/aromatic N) is 1. The third kappa shape index (κ3) is 2.19. The van der Waals surface area contributed by atoms with Crippen LogP contribution in [0.3, 0.4) is 0 Å². The third-order valence-electron chi connectivity index (χ3n) is 2.39. The molecule has 1 fully saturated rings. The Morgan fingerprint density at radius 3 is 2.45 bits per heavy atom. The molecule has 3 heteroatoms. The lowest BCUT2D eigenvalue weighted by molar-refractivity contribution is -0.130. The lowest BCUT2D eigenvalue weighted by Gasteiger charge is -2.30. The van der Waals surface area contributed by atoms with Crippen molar-refractivity contribution in [3.05, 3.63) is 0 Å². The van der Waals surface area contributed by atoms with Crippen molar-refractivity contribution < 1.29 is 4.79 Å². The zero-order chi connectivity index (χ0) is 8.27. The average Bonchev–Trinajstić information content (AvgIpc) is 2.05. The molecule has 1 aliphatic heterocycles. The highest BCUT2D eigenvalue weighted by molar-refractivity contribution is 5.73. The molecule has 1 amide bonds. The van der Waals surface area contributed by atoms with Gasteiger partial charge >= 0.3 is 0 Å². The second-order valence-electron chi connectivity index (χ2n) is 3.19. The summed E-state index contributed by atoms with van der Waals surface area (Å²) in [6, 6.07) is 0. The molecule has 1 aliphatic rings. The lowest BCUT2D eigenvalue weighted by atomic mass is 9.97. The average molecular weight is 156 g/mol. The van der Waals surface area contributed by atoms with Crippen LogP contribution in [-0.2, 0) is 4.79 Å². The quantitative estimate of drug-likeness (QED) is 0.589.